The molecular weight excluding hydrogens is 378 g/mol. The first-order valence-electron chi connectivity index (χ1n) is 7.54. The van der Waals surface area contributed by atoms with Crippen LogP contribution in [0.15, 0.2) is 21.7 Å². The zero-order chi connectivity index (χ0) is 18.1. The Labute approximate surface area is 149 Å². The number of methoxy groups -OCH3 is 1. The predicted molar refractivity (Wildman–Crippen MR) is 95.5 cm³/mol. The van der Waals surface area contributed by atoms with Crippen LogP contribution in [0.3, 0.4) is 0 Å². The number of carbonyl (C=O) groups is 2. The average molecular weight is 400 g/mol. The number of nitrogens with one attached hydrogen (secondary N) is 2. The first kappa shape index (κ1) is 20.0. The van der Waals surface area contributed by atoms with Crippen molar-refractivity contribution in [3.8, 4) is 11.5 Å². The topological polar surface area (TPSA) is 89.0 Å². The predicted octanol–water partition coefficient (Wildman–Crippen LogP) is 2.22. The maximum absolute atomic E-state index is 11.5. The summed E-state index contributed by atoms with van der Waals surface area (Å²) in [5.74, 6) is -0.405. The van der Waals surface area contributed by atoms with E-state index in [1.165, 1.54) is 13.3 Å². The van der Waals surface area contributed by atoms with Crippen LogP contribution in [0, 0.1) is 0 Å². The highest BCUT2D eigenvalue weighted by Crippen LogP contribution is 2.36. The van der Waals surface area contributed by atoms with Crippen LogP contribution in [-0.2, 0) is 9.59 Å². The SMILES string of the molecule is CCCNC(=O)C(=O)N/N=C\c1cc(Br)c(OC(C)C)c(OC)c1. The molecular formula is C16H22BrN3O4. The lowest BCUT2D eigenvalue weighted by molar-refractivity contribution is -0.139. The Hall–Kier alpha value is -2.09. The van der Waals surface area contributed by atoms with Gasteiger partial charge in [-0.3, -0.25) is 9.59 Å². The van der Waals surface area contributed by atoms with Gasteiger partial charge in [-0.1, -0.05) is 6.92 Å². The van der Waals surface area contributed by atoms with E-state index in [0.29, 0.717) is 28.1 Å². The molecule has 0 aromatic heterocycles. The number of hydrogen-bond donors (Lipinski definition) is 2. The van der Waals surface area contributed by atoms with E-state index in [-0.39, 0.29) is 6.10 Å². The number of amides is 2. The van der Waals surface area contributed by atoms with Gasteiger partial charge in [0.05, 0.1) is 23.9 Å². The van der Waals surface area contributed by atoms with Crippen LogP contribution >= 0.6 is 15.9 Å². The van der Waals surface area contributed by atoms with Gasteiger partial charge in [-0.05, 0) is 53.9 Å². The summed E-state index contributed by atoms with van der Waals surface area (Å²) in [6.45, 7) is 6.17. The maximum atomic E-state index is 11.5. The minimum Gasteiger partial charge on any atom is -0.493 e. The summed E-state index contributed by atoms with van der Waals surface area (Å²) in [6, 6.07) is 3.49. The minimum atomic E-state index is -0.814. The van der Waals surface area contributed by atoms with Gasteiger partial charge in [-0.2, -0.15) is 5.10 Å². The van der Waals surface area contributed by atoms with Crippen molar-refractivity contribution in [3.63, 3.8) is 0 Å². The largest absolute Gasteiger partial charge is 0.493 e. The molecule has 1 rings (SSSR count). The second-order valence-corrected chi connectivity index (χ2v) is 6.01. The van der Waals surface area contributed by atoms with Crippen LogP contribution < -0.4 is 20.2 Å². The number of halogens is 1. The third-order valence-corrected chi connectivity index (χ3v) is 3.32. The molecule has 0 aliphatic rings. The zero-order valence-corrected chi connectivity index (χ0v) is 15.8. The van der Waals surface area contributed by atoms with Gasteiger partial charge in [0.1, 0.15) is 0 Å². The molecule has 7 nitrogen and oxygen atoms in total. The van der Waals surface area contributed by atoms with Crippen molar-refractivity contribution in [1.29, 1.82) is 0 Å². The first-order valence-corrected chi connectivity index (χ1v) is 8.33. The van der Waals surface area contributed by atoms with Gasteiger partial charge >= 0.3 is 11.8 Å². The van der Waals surface area contributed by atoms with Gasteiger partial charge in [0.2, 0.25) is 0 Å². The van der Waals surface area contributed by atoms with Gasteiger partial charge in [0.15, 0.2) is 11.5 Å². The highest BCUT2D eigenvalue weighted by molar-refractivity contribution is 9.10. The molecule has 1 aromatic rings. The van der Waals surface area contributed by atoms with Crippen LogP contribution in [-0.4, -0.2) is 37.8 Å². The van der Waals surface area contributed by atoms with Crippen molar-refractivity contribution in [2.75, 3.05) is 13.7 Å². The van der Waals surface area contributed by atoms with Crippen molar-refractivity contribution in [2.45, 2.75) is 33.3 Å². The Bertz CT molecular complexity index is 618. The molecule has 0 unspecified atom stereocenters. The fraction of sp³-hybridized carbons (Fsp3) is 0.438. The number of ether oxygens (including phenoxy) is 2. The second kappa shape index (κ2) is 9.92. The summed E-state index contributed by atoms with van der Waals surface area (Å²) in [4.78, 5) is 22.9. The lowest BCUT2D eigenvalue weighted by Crippen LogP contribution is -2.38. The van der Waals surface area contributed by atoms with Crippen LogP contribution in [0.5, 0.6) is 11.5 Å². The van der Waals surface area contributed by atoms with Crippen molar-refractivity contribution in [1.82, 2.24) is 10.7 Å². The highest BCUT2D eigenvalue weighted by atomic mass is 79.9. The molecule has 24 heavy (non-hydrogen) atoms. The molecule has 2 N–H and O–H groups in total. The van der Waals surface area contributed by atoms with Crippen molar-refractivity contribution in [2.24, 2.45) is 5.10 Å². The Morgan fingerprint density at radius 1 is 1.33 bits per heavy atom. The van der Waals surface area contributed by atoms with E-state index in [0.717, 1.165) is 6.42 Å². The maximum Gasteiger partial charge on any atom is 0.329 e. The first-order chi connectivity index (χ1) is 11.4. The molecule has 0 radical (unpaired) electrons. The van der Waals surface area contributed by atoms with Crippen LogP contribution in [0.4, 0.5) is 0 Å². The van der Waals surface area contributed by atoms with Gasteiger partial charge in [-0.15, -0.1) is 0 Å². The Kier molecular flexibility index (Phi) is 8.25. The molecule has 8 heteroatoms. The lowest BCUT2D eigenvalue weighted by Gasteiger charge is -2.15. The normalized spacial score (nSPS) is 10.8. The number of hydrogen-bond acceptors (Lipinski definition) is 5. The molecule has 0 aliphatic carbocycles. The number of hydrazone groups is 1. The van der Waals surface area contributed by atoms with Gasteiger partial charge in [0, 0.05) is 6.54 Å². The van der Waals surface area contributed by atoms with E-state index in [1.54, 1.807) is 12.1 Å². The average Bonchev–Trinajstić information content (AvgIpc) is 2.54. The van der Waals surface area contributed by atoms with Crippen LogP contribution in [0.1, 0.15) is 32.8 Å². The molecule has 0 bridgehead atoms. The molecule has 0 saturated carbocycles. The summed E-state index contributed by atoms with van der Waals surface area (Å²) >= 11 is 3.42. The molecule has 2 amide bonds. The van der Waals surface area contributed by atoms with Gasteiger partial charge in [-0.25, -0.2) is 5.43 Å². The molecule has 0 fully saturated rings. The van der Waals surface area contributed by atoms with E-state index in [1.807, 2.05) is 20.8 Å². The summed E-state index contributed by atoms with van der Waals surface area (Å²) in [5, 5.41) is 6.24. The Morgan fingerprint density at radius 2 is 2.04 bits per heavy atom. The van der Waals surface area contributed by atoms with E-state index in [4.69, 9.17) is 9.47 Å². The third-order valence-electron chi connectivity index (χ3n) is 2.73. The van der Waals surface area contributed by atoms with Crippen molar-refractivity contribution < 1.29 is 19.1 Å². The lowest BCUT2D eigenvalue weighted by atomic mass is 10.2. The molecule has 132 valence electrons. The minimum absolute atomic E-state index is 0.00404. The summed E-state index contributed by atoms with van der Waals surface area (Å²) in [5.41, 5.74) is 2.85. The third kappa shape index (κ3) is 6.19. The van der Waals surface area contributed by atoms with Crippen molar-refractivity contribution in [3.05, 3.63) is 22.2 Å². The number of nitrogens with zero attached hydrogens (tertiary/aromatic N) is 1. The molecule has 0 aliphatic heterocycles. The second-order valence-electron chi connectivity index (χ2n) is 5.16. The monoisotopic (exact) mass is 399 g/mol. The fourth-order valence-corrected chi connectivity index (χ4v) is 2.25. The van der Waals surface area contributed by atoms with E-state index in [2.05, 4.69) is 31.8 Å². The van der Waals surface area contributed by atoms with E-state index >= 15 is 0 Å². The molecule has 0 heterocycles. The molecule has 1 aromatic carbocycles. The van der Waals surface area contributed by atoms with Crippen molar-refractivity contribution >= 4 is 34.0 Å². The molecule has 0 saturated heterocycles. The molecule has 0 atom stereocenters. The van der Waals surface area contributed by atoms with Gasteiger partial charge in [0.25, 0.3) is 0 Å². The molecule has 0 spiro atoms. The number of benzene rings is 1. The number of carbonyl (C=O) groups excluding carboxylic acids is 2. The smallest absolute Gasteiger partial charge is 0.329 e. The fourth-order valence-electron chi connectivity index (χ4n) is 1.70. The summed E-state index contributed by atoms with van der Waals surface area (Å²) < 4.78 is 11.7. The summed E-state index contributed by atoms with van der Waals surface area (Å²) in [7, 11) is 1.54. The number of rotatable bonds is 7. The Morgan fingerprint density at radius 3 is 2.62 bits per heavy atom. The van der Waals surface area contributed by atoms with E-state index < -0.39 is 11.8 Å². The summed E-state index contributed by atoms with van der Waals surface area (Å²) in [6.07, 6.45) is 2.16. The Balaban J connectivity index is 2.79. The van der Waals surface area contributed by atoms with Gasteiger partial charge < -0.3 is 14.8 Å². The van der Waals surface area contributed by atoms with Crippen LogP contribution in [0.2, 0.25) is 0 Å². The van der Waals surface area contributed by atoms with Crippen LogP contribution in [0.25, 0.3) is 0 Å². The van der Waals surface area contributed by atoms with E-state index in [9.17, 15) is 9.59 Å². The highest BCUT2D eigenvalue weighted by Gasteiger charge is 2.13. The standard InChI is InChI=1S/C16H22BrN3O4/c1-5-6-18-15(21)16(22)20-19-9-11-7-12(17)14(24-10(2)3)13(8-11)23-4/h7-10H,5-6H2,1-4H3,(H,18,21)(H,20,22)/b19-9-. The zero-order valence-electron chi connectivity index (χ0n) is 14.2. The quantitative estimate of drug-likeness (QED) is 0.417.